The Bertz CT molecular complexity index is 2010. The van der Waals surface area contributed by atoms with Crippen LogP contribution < -0.4 is 20.7 Å². The van der Waals surface area contributed by atoms with Crippen LogP contribution in [0.2, 0.25) is 0 Å². The van der Waals surface area contributed by atoms with Crippen LogP contribution in [0.25, 0.3) is 0 Å². The number of aryl methyl sites for hydroxylation is 1. The van der Waals surface area contributed by atoms with E-state index in [1.807, 2.05) is 78.9 Å². The third-order valence-electron chi connectivity index (χ3n) is 10.4. The van der Waals surface area contributed by atoms with Gasteiger partial charge in [-0.15, -0.1) is 0 Å². The van der Waals surface area contributed by atoms with E-state index in [9.17, 15) is 14.9 Å². The van der Waals surface area contributed by atoms with Crippen molar-refractivity contribution in [2.45, 2.75) is 90.3 Å². The Morgan fingerprint density at radius 1 is 0.915 bits per heavy atom. The molecule has 5 rings (SSSR count). The Labute approximate surface area is 349 Å². The fourth-order valence-corrected chi connectivity index (χ4v) is 9.24. The minimum absolute atomic E-state index is 0.000883. The predicted octanol–water partition coefficient (Wildman–Crippen LogP) is 7.53. The number of nitriles is 1. The lowest BCUT2D eigenvalue weighted by atomic mass is 9.79. The molecule has 0 spiro atoms. The van der Waals surface area contributed by atoms with E-state index in [0.29, 0.717) is 30.2 Å². The molecule has 1 aliphatic rings. The van der Waals surface area contributed by atoms with E-state index in [1.165, 1.54) is 4.57 Å². The second-order valence-electron chi connectivity index (χ2n) is 15.4. The minimum atomic E-state index is -1.68. The number of nitrogens with one attached hydrogen (secondary N) is 1. The van der Waals surface area contributed by atoms with Crippen molar-refractivity contribution in [1.82, 2.24) is 19.1 Å². The van der Waals surface area contributed by atoms with Gasteiger partial charge in [-0.2, -0.15) is 5.26 Å². The van der Waals surface area contributed by atoms with Crippen LogP contribution in [0.1, 0.15) is 82.4 Å². The summed E-state index contributed by atoms with van der Waals surface area (Å²) < 4.78 is 42.8. The number of aromatic amines is 1. The van der Waals surface area contributed by atoms with Crippen LogP contribution in [0.4, 0.5) is 0 Å². The van der Waals surface area contributed by atoms with Gasteiger partial charge in [-0.1, -0.05) is 67.9 Å². The third kappa shape index (κ3) is 11.1. The summed E-state index contributed by atoms with van der Waals surface area (Å²) in [6.07, 6.45) is 2.83. The quantitative estimate of drug-likeness (QED) is 0.0506. The highest BCUT2D eigenvalue weighted by molar-refractivity contribution is 7.44. The van der Waals surface area contributed by atoms with Crippen molar-refractivity contribution >= 4 is 8.53 Å². The first-order valence-corrected chi connectivity index (χ1v) is 21.4. The Morgan fingerprint density at radius 2 is 1.51 bits per heavy atom. The van der Waals surface area contributed by atoms with Crippen molar-refractivity contribution < 1.29 is 28.0 Å². The van der Waals surface area contributed by atoms with E-state index in [1.54, 1.807) is 27.3 Å². The van der Waals surface area contributed by atoms with Crippen molar-refractivity contribution in [1.29, 1.82) is 5.26 Å². The first-order valence-electron chi connectivity index (χ1n) is 20.3. The lowest BCUT2D eigenvalue weighted by molar-refractivity contribution is -0.228. The average Bonchev–Trinajstić information content (AvgIpc) is 3.24. The molecule has 4 aromatic rings. The minimum Gasteiger partial charge on any atom is -0.497 e. The van der Waals surface area contributed by atoms with Gasteiger partial charge in [-0.05, 0) is 88.5 Å². The Balaban J connectivity index is 1.70. The van der Waals surface area contributed by atoms with E-state index in [2.05, 4.69) is 55.2 Å². The van der Waals surface area contributed by atoms with E-state index in [0.717, 1.165) is 36.1 Å². The molecular formula is C45H60N5O8P. The molecule has 1 unspecified atom stereocenters. The van der Waals surface area contributed by atoms with Crippen LogP contribution in [-0.2, 0) is 24.1 Å². The number of methoxy groups -OCH3 is 2. The lowest BCUT2D eigenvalue weighted by Crippen LogP contribution is -2.60. The highest BCUT2D eigenvalue weighted by Crippen LogP contribution is 2.48. The van der Waals surface area contributed by atoms with Crippen molar-refractivity contribution in [3.8, 4) is 17.6 Å². The third-order valence-corrected chi connectivity index (χ3v) is 12.5. The fraction of sp³-hybridized carbons (Fsp3) is 0.489. The van der Waals surface area contributed by atoms with Crippen molar-refractivity contribution in [2.75, 3.05) is 53.7 Å². The van der Waals surface area contributed by atoms with Crippen molar-refractivity contribution in [3.63, 3.8) is 0 Å². The first-order chi connectivity index (χ1) is 28.4. The molecule has 14 heteroatoms. The van der Waals surface area contributed by atoms with Gasteiger partial charge in [0.2, 0.25) is 0 Å². The standard InChI is InChI=1S/C45H60N5O8P/c1-9-10-26-48-29-41(49-28-35(6)42(51)47-43(49)52)58-44(30-48,32-57-59(56-27-14-25-46)50(33(2)3)34(4)5)31-55-45(36-15-12-11-13-16-36,37-17-21-39(53-7)22-18-37)38-19-23-40(54-8)24-20-38/h11-13,15-24,28,33-34,41H,9-10,14,26-27,29-32H2,1-8H3,(H,47,51,52)/t41-,44+,59?/m1/s1. The molecule has 3 aromatic carbocycles. The number of unbranched alkanes of at least 4 members (excludes halogenated alkanes) is 1. The Morgan fingerprint density at radius 3 is 2.05 bits per heavy atom. The molecule has 0 amide bonds. The maximum absolute atomic E-state index is 13.5. The van der Waals surface area contributed by atoms with Crippen LogP contribution in [0.3, 0.4) is 0 Å². The molecule has 0 aliphatic carbocycles. The predicted molar refractivity (Wildman–Crippen MR) is 230 cm³/mol. The summed E-state index contributed by atoms with van der Waals surface area (Å²) in [4.78, 5) is 30.8. The summed E-state index contributed by atoms with van der Waals surface area (Å²) >= 11 is 0. The summed E-state index contributed by atoms with van der Waals surface area (Å²) in [5, 5.41) is 9.41. The molecule has 3 atom stereocenters. The van der Waals surface area contributed by atoms with Gasteiger partial charge in [0.15, 0.2) is 6.23 Å². The first kappa shape index (κ1) is 45.7. The van der Waals surface area contributed by atoms with Crippen LogP contribution >= 0.6 is 8.53 Å². The zero-order valence-corrected chi connectivity index (χ0v) is 36.6. The zero-order valence-electron chi connectivity index (χ0n) is 35.7. The largest absolute Gasteiger partial charge is 0.497 e. The molecule has 59 heavy (non-hydrogen) atoms. The highest BCUT2D eigenvalue weighted by atomic mass is 31.2. The molecule has 1 aromatic heterocycles. The summed E-state index contributed by atoms with van der Waals surface area (Å²) in [6, 6.07) is 28.0. The summed E-state index contributed by atoms with van der Waals surface area (Å²) in [5.74, 6) is 1.40. The Hall–Kier alpha value is -4.38. The van der Waals surface area contributed by atoms with Gasteiger partial charge in [0.25, 0.3) is 14.1 Å². The van der Waals surface area contributed by atoms with Gasteiger partial charge in [0.05, 0.1) is 46.5 Å². The van der Waals surface area contributed by atoms with Crippen LogP contribution in [0.5, 0.6) is 11.5 Å². The van der Waals surface area contributed by atoms with Gasteiger partial charge in [-0.3, -0.25) is 19.2 Å². The number of rotatable bonds is 21. The van der Waals surface area contributed by atoms with Gasteiger partial charge in [0, 0.05) is 36.9 Å². The monoisotopic (exact) mass is 829 g/mol. The molecule has 0 bridgehead atoms. The molecule has 13 nitrogen and oxygen atoms in total. The second kappa shape index (κ2) is 21.2. The molecule has 1 N–H and O–H groups in total. The Kier molecular flexibility index (Phi) is 16.4. The van der Waals surface area contributed by atoms with Gasteiger partial charge in [-0.25, -0.2) is 9.46 Å². The number of ether oxygens (including phenoxy) is 4. The van der Waals surface area contributed by atoms with Gasteiger partial charge in [0.1, 0.15) is 22.7 Å². The van der Waals surface area contributed by atoms with Crippen molar-refractivity contribution in [2.24, 2.45) is 0 Å². The van der Waals surface area contributed by atoms with Gasteiger partial charge >= 0.3 is 5.69 Å². The smallest absolute Gasteiger partial charge is 0.330 e. The number of nitrogens with zero attached hydrogens (tertiary/aromatic N) is 4. The number of hydrogen-bond acceptors (Lipinski definition) is 11. The highest BCUT2D eigenvalue weighted by Gasteiger charge is 2.47. The molecular weight excluding hydrogens is 769 g/mol. The number of H-pyrrole nitrogens is 1. The maximum atomic E-state index is 13.5. The molecule has 0 saturated carbocycles. The molecule has 0 radical (unpaired) electrons. The lowest BCUT2D eigenvalue weighted by Gasteiger charge is -2.48. The summed E-state index contributed by atoms with van der Waals surface area (Å²) in [6.45, 7) is 13.9. The number of aromatic nitrogens is 2. The van der Waals surface area contributed by atoms with E-state index < -0.39 is 37.2 Å². The fourth-order valence-electron chi connectivity index (χ4n) is 7.55. The second-order valence-corrected chi connectivity index (χ2v) is 16.9. The normalized spacial score (nSPS) is 18.0. The maximum Gasteiger partial charge on any atom is 0.330 e. The van der Waals surface area contributed by atoms with Crippen LogP contribution in [0.15, 0.2) is 94.6 Å². The number of hydrogen-bond donors (Lipinski definition) is 1. The molecule has 2 heterocycles. The van der Waals surface area contributed by atoms with Crippen LogP contribution in [0, 0.1) is 18.3 Å². The topological polar surface area (TPSA) is 141 Å². The van der Waals surface area contributed by atoms with E-state index >= 15 is 0 Å². The van der Waals surface area contributed by atoms with E-state index in [-0.39, 0.29) is 38.3 Å². The molecule has 1 aliphatic heterocycles. The zero-order chi connectivity index (χ0) is 42.6. The number of morpholine rings is 1. The molecule has 1 fully saturated rings. The van der Waals surface area contributed by atoms with Gasteiger partial charge < -0.3 is 28.0 Å². The SMILES string of the molecule is CCCCN1C[C@H](n2cc(C)c(=O)[nH]c2=O)O[C@](COP(OCCC#N)N(C(C)C)C(C)C)(COC(c2ccccc2)(c2ccc(OC)cc2)c2ccc(OC)cc2)C1. The van der Waals surface area contributed by atoms with Crippen molar-refractivity contribution in [3.05, 3.63) is 128 Å². The van der Waals surface area contributed by atoms with Crippen LogP contribution in [-0.4, -0.2) is 90.5 Å². The summed E-state index contributed by atoms with van der Waals surface area (Å²) in [5.41, 5.74) is -0.433. The van der Waals surface area contributed by atoms with E-state index in [4.69, 9.17) is 28.0 Å². The average molecular weight is 830 g/mol. The molecule has 318 valence electrons. The molecule has 1 saturated heterocycles. The summed E-state index contributed by atoms with van der Waals surface area (Å²) in [7, 11) is 1.60. The number of benzene rings is 3.